The number of aromatic nitrogens is 3. The number of Topliss-reactive ketones (excluding diaryl/α,β-unsaturated/α-hetero) is 1. The molecule has 0 aromatic carbocycles. The Bertz CT molecular complexity index is 510. The molecule has 0 aliphatic heterocycles. The zero-order valence-corrected chi connectivity index (χ0v) is 12.1. The summed E-state index contributed by atoms with van der Waals surface area (Å²) in [7, 11) is 1.92. The molecule has 2 fully saturated rings. The van der Waals surface area contributed by atoms with Gasteiger partial charge in [-0.1, -0.05) is 32.5 Å². The Kier molecular flexibility index (Phi) is 2.44. The summed E-state index contributed by atoms with van der Waals surface area (Å²) in [5, 5.41) is 8.87. The molecule has 0 amide bonds. The summed E-state index contributed by atoms with van der Waals surface area (Å²) in [4.78, 5) is 12.5. The highest BCUT2D eigenvalue weighted by Crippen LogP contribution is 2.67. The van der Waals surface area contributed by atoms with Crippen molar-refractivity contribution in [2.24, 2.45) is 23.8 Å². The van der Waals surface area contributed by atoms with Crippen LogP contribution in [0.1, 0.15) is 33.6 Å². The van der Waals surface area contributed by atoms with Crippen molar-refractivity contribution in [3.05, 3.63) is 6.33 Å². The van der Waals surface area contributed by atoms with Gasteiger partial charge < -0.3 is 4.57 Å². The summed E-state index contributed by atoms with van der Waals surface area (Å²) < 4.78 is 1.89. The number of nitrogens with zero attached hydrogens (tertiary/aromatic N) is 3. The number of carbonyl (C=O) groups is 1. The topological polar surface area (TPSA) is 47.8 Å². The normalized spacial score (nSPS) is 37.4. The van der Waals surface area contributed by atoms with Crippen LogP contribution in [-0.2, 0) is 11.8 Å². The maximum Gasteiger partial charge on any atom is 0.191 e. The minimum Gasteiger partial charge on any atom is -0.312 e. The molecule has 3 rings (SSSR count). The molecule has 0 spiro atoms. The third-order valence-electron chi connectivity index (χ3n) is 5.37. The molecular weight excluding hydrogens is 246 g/mol. The van der Waals surface area contributed by atoms with E-state index in [0.29, 0.717) is 5.78 Å². The third-order valence-corrected chi connectivity index (χ3v) is 6.94. The van der Waals surface area contributed by atoms with E-state index >= 15 is 0 Å². The SMILES string of the molecule is Cn1cnnc1S[C@@H]1C(=O)[C@@H]2CC[C@]1(C)C2(C)C. The average Bonchev–Trinajstić information content (AvgIpc) is 2.82. The lowest BCUT2D eigenvalue weighted by Crippen LogP contribution is -2.35. The highest BCUT2D eigenvalue weighted by Gasteiger charge is 2.66. The van der Waals surface area contributed by atoms with Gasteiger partial charge in [-0.3, -0.25) is 4.79 Å². The number of fused-ring (bicyclic) bond motifs is 2. The summed E-state index contributed by atoms with van der Waals surface area (Å²) in [5.41, 5.74) is 0.200. The lowest BCUT2D eigenvalue weighted by atomic mass is 9.71. The van der Waals surface area contributed by atoms with E-state index in [1.165, 1.54) is 0 Å². The molecule has 1 heterocycles. The molecule has 0 radical (unpaired) electrons. The molecule has 1 aromatic heterocycles. The van der Waals surface area contributed by atoms with Crippen molar-refractivity contribution in [2.75, 3.05) is 0 Å². The number of hydrogen-bond acceptors (Lipinski definition) is 4. The van der Waals surface area contributed by atoms with Gasteiger partial charge >= 0.3 is 0 Å². The first-order valence-electron chi connectivity index (χ1n) is 6.42. The molecule has 0 saturated heterocycles. The number of rotatable bonds is 2. The van der Waals surface area contributed by atoms with Crippen LogP contribution in [0.5, 0.6) is 0 Å². The Labute approximate surface area is 112 Å². The molecule has 5 heteroatoms. The Morgan fingerprint density at radius 2 is 2.17 bits per heavy atom. The zero-order chi connectivity index (χ0) is 13.1. The second kappa shape index (κ2) is 3.59. The Hall–Kier alpha value is -0.840. The van der Waals surface area contributed by atoms with Gasteiger partial charge in [0.2, 0.25) is 0 Å². The van der Waals surface area contributed by atoms with E-state index in [0.717, 1.165) is 18.0 Å². The summed E-state index contributed by atoms with van der Waals surface area (Å²) in [5.74, 6) is 0.648. The average molecular weight is 265 g/mol. The van der Waals surface area contributed by atoms with Gasteiger partial charge in [-0.05, 0) is 23.7 Å². The van der Waals surface area contributed by atoms with Crippen LogP contribution in [0.4, 0.5) is 0 Å². The van der Waals surface area contributed by atoms with Crippen molar-refractivity contribution in [1.29, 1.82) is 0 Å². The predicted molar refractivity (Wildman–Crippen MR) is 70.3 cm³/mol. The molecule has 2 aliphatic carbocycles. The van der Waals surface area contributed by atoms with Crippen LogP contribution in [0.3, 0.4) is 0 Å². The second-order valence-electron chi connectivity index (χ2n) is 6.36. The summed E-state index contributed by atoms with van der Waals surface area (Å²) in [6.45, 7) is 6.77. The molecular formula is C13H19N3OS. The van der Waals surface area contributed by atoms with Gasteiger partial charge in [-0.25, -0.2) is 0 Å². The smallest absolute Gasteiger partial charge is 0.191 e. The molecule has 3 atom stereocenters. The van der Waals surface area contributed by atoms with E-state index in [-0.39, 0.29) is 22.0 Å². The van der Waals surface area contributed by atoms with E-state index in [1.54, 1.807) is 18.1 Å². The molecule has 2 saturated carbocycles. The highest BCUT2D eigenvalue weighted by molar-refractivity contribution is 8.00. The van der Waals surface area contributed by atoms with Gasteiger partial charge in [0.25, 0.3) is 0 Å². The fourth-order valence-corrected chi connectivity index (χ4v) is 5.14. The summed E-state index contributed by atoms with van der Waals surface area (Å²) in [6.07, 6.45) is 3.89. The number of hydrogen-bond donors (Lipinski definition) is 0. The number of thioether (sulfide) groups is 1. The van der Waals surface area contributed by atoms with E-state index in [9.17, 15) is 4.79 Å². The number of aryl methyl sites for hydroxylation is 1. The zero-order valence-electron chi connectivity index (χ0n) is 11.3. The molecule has 18 heavy (non-hydrogen) atoms. The van der Waals surface area contributed by atoms with Gasteiger partial charge in [0.15, 0.2) is 5.16 Å². The molecule has 98 valence electrons. The fourth-order valence-electron chi connectivity index (χ4n) is 3.66. The quantitative estimate of drug-likeness (QED) is 0.823. The lowest BCUT2D eigenvalue weighted by Gasteiger charge is -2.37. The van der Waals surface area contributed by atoms with Gasteiger partial charge in [0.1, 0.15) is 12.1 Å². The molecule has 4 nitrogen and oxygen atoms in total. The first-order valence-corrected chi connectivity index (χ1v) is 7.30. The van der Waals surface area contributed by atoms with Gasteiger partial charge in [0.05, 0.1) is 5.25 Å². The highest BCUT2D eigenvalue weighted by atomic mass is 32.2. The van der Waals surface area contributed by atoms with Crippen LogP contribution in [0.15, 0.2) is 11.5 Å². The Morgan fingerprint density at radius 3 is 2.67 bits per heavy atom. The standard InChI is InChI=1S/C13H19N3OS/c1-12(2)8-5-6-13(12,3)10(9(8)17)18-11-15-14-7-16(11)4/h7-8,10H,5-6H2,1-4H3/t8-,10+,13-/m0/s1. The third kappa shape index (κ3) is 1.31. The van der Waals surface area contributed by atoms with Crippen molar-refractivity contribution in [2.45, 2.75) is 44.0 Å². The second-order valence-corrected chi connectivity index (χ2v) is 7.43. The van der Waals surface area contributed by atoms with Crippen LogP contribution < -0.4 is 0 Å². The van der Waals surface area contributed by atoms with E-state index < -0.39 is 0 Å². The minimum atomic E-state index is 0.0362. The van der Waals surface area contributed by atoms with Crippen molar-refractivity contribution in [3.63, 3.8) is 0 Å². The van der Waals surface area contributed by atoms with Crippen LogP contribution in [0.2, 0.25) is 0 Å². The number of ketones is 1. The van der Waals surface area contributed by atoms with Gasteiger partial charge in [-0.15, -0.1) is 10.2 Å². The van der Waals surface area contributed by atoms with E-state index in [4.69, 9.17) is 0 Å². The minimum absolute atomic E-state index is 0.0362. The predicted octanol–water partition coefficient (Wildman–Crippen LogP) is 2.30. The van der Waals surface area contributed by atoms with Gasteiger partial charge in [-0.2, -0.15) is 0 Å². The molecule has 0 N–H and O–H groups in total. The monoisotopic (exact) mass is 265 g/mol. The van der Waals surface area contributed by atoms with Gasteiger partial charge in [0, 0.05) is 13.0 Å². The van der Waals surface area contributed by atoms with Crippen molar-refractivity contribution in [1.82, 2.24) is 14.8 Å². The maximum atomic E-state index is 12.5. The summed E-state index contributed by atoms with van der Waals surface area (Å²) in [6, 6.07) is 0. The van der Waals surface area contributed by atoms with E-state index in [2.05, 4.69) is 31.0 Å². The van der Waals surface area contributed by atoms with Crippen molar-refractivity contribution in [3.8, 4) is 0 Å². The summed E-state index contributed by atoms with van der Waals surface area (Å²) >= 11 is 1.60. The maximum absolute atomic E-state index is 12.5. The Morgan fingerprint density at radius 1 is 1.44 bits per heavy atom. The van der Waals surface area contributed by atoms with Crippen LogP contribution >= 0.6 is 11.8 Å². The first-order chi connectivity index (χ1) is 8.38. The molecule has 1 aromatic rings. The van der Waals surface area contributed by atoms with Crippen LogP contribution in [0.25, 0.3) is 0 Å². The lowest BCUT2D eigenvalue weighted by molar-refractivity contribution is -0.122. The first kappa shape index (κ1) is 12.2. The number of carbonyl (C=O) groups excluding carboxylic acids is 1. The molecule has 2 bridgehead atoms. The largest absolute Gasteiger partial charge is 0.312 e. The molecule has 0 unspecified atom stereocenters. The van der Waals surface area contributed by atoms with Crippen molar-refractivity contribution >= 4 is 17.5 Å². The van der Waals surface area contributed by atoms with E-state index in [1.807, 2.05) is 11.6 Å². The van der Waals surface area contributed by atoms with Crippen LogP contribution in [0, 0.1) is 16.7 Å². The van der Waals surface area contributed by atoms with Crippen LogP contribution in [-0.4, -0.2) is 25.8 Å². The van der Waals surface area contributed by atoms with Crippen molar-refractivity contribution < 1.29 is 4.79 Å². The Balaban J connectivity index is 1.95. The fraction of sp³-hybridized carbons (Fsp3) is 0.769. The molecule has 2 aliphatic rings.